The Hall–Kier alpha value is -2.57. The molecule has 122 valence electrons. The smallest absolute Gasteiger partial charge is 0.269 e. The summed E-state index contributed by atoms with van der Waals surface area (Å²) in [6.07, 6.45) is 1.72. The third kappa shape index (κ3) is 2.70. The van der Waals surface area contributed by atoms with Gasteiger partial charge in [0.15, 0.2) is 5.65 Å². The SMILES string of the molecule is Cc1c(C(N)=O)nc2c(NC(=O)c3c(Cl)cccc3Cl)cccn12. The summed E-state index contributed by atoms with van der Waals surface area (Å²) in [5, 5.41) is 3.20. The lowest BCUT2D eigenvalue weighted by Crippen LogP contribution is -2.14. The number of pyridine rings is 1. The van der Waals surface area contributed by atoms with Crippen molar-refractivity contribution in [3.63, 3.8) is 0 Å². The largest absolute Gasteiger partial charge is 0.364 e. The minimum Gasteiger partial charge on any atom is -0.364 e. The number of hydrogen-bond donors (Lipinski definition) is 2. The van der Waals surface area contributed by atoms with Crippen molar-refractivity contribution in [3.8, 4) is 0 Å². The van der Waals surface area contributed by atoms with Gasteiger partial charge in [0.05, 0.1) is 27.0 Å². The molecule has 3 aromatic rings. The quantitative estimate of drug-likeness (QED) is 0.748. The van der Waals surface area contributed by atoms with Gasteiger partial charge in [-0.05, 0) is 31.2 Å². The molecule has 0 unspecified atom stereocenters. The van der Waals surface area contributed by atoms with Crippen LogP contribution in [0.2, 0.25) is 10.0 Å². The molecule has 0 fully saturated rings. The average molecular weight is 363 g/mol. The van der Waals surface area contributed by atoms with Crippen LogP contribution in [-0.4, -0.2) is 21.2 Å². The lowest BCUT2D eigenvalue weighted by molar-refractivity contribution is 0.0993. The molecule has 0 saturated heterocycles. The van der Waals surface area contributed by atoms with E-state index in [1.807, 2.05) is 0 Å². The number of rotatable bonds is 3. The topological polar surface area (TPSA) is 89.5 Å². The van der Waals surface area contributed by atoms with Crippen molar-refractivity contribution in [2.75, 3.05) is 5.32 Å². The second-order valence-electron chi connectivity index (χ2n) is 5.08. The number of nitrogens with two attached hydrogens (primary N) is 1. The van der Waals surface area contributed by atoms with E-state index in [1.54, 1.807) is 47.9 Å². The van der Waals surface area contributed by atoms with E-state index in [4.69, 9.17) is 28.9 Å². The Morgan fingerprint density at radius 1 is 1.17 bits per heavy atom. The van der Waals surface area contributed by atoms with Crippen molar-refractivity contribution in [2.24, 2.45) is 5.73 Å². The zero-order valence-corrected chi connectivity index (χ0v) is 14.0. The number of amides is 2. The van der Waals surface area contributed by atoms with Crippen LogP contribution in [0.5, 0.6) is 0 Å². The molecule has 0 bridgehead atoms. The van der Waals surface area contributed by atoms with Crippen LogP contribution in [0.15, 0.2) is 36.5 Å². The van der Waals surface area contributed by atoms with Crippen LogP contribution in [0, 0.1) is 6.92 Å². The molecule has 2 aromatic heterocycles. The van der Waals surface area contributed by atoms with E-state index in [0.29, 0.717) is 17.0 Å². The predicted octanol–water partition coefficient (Wildman–Crippen LogP) is 3.30. The Morgan fingerprint density at radius 2 is 1.83 bits per heavy atom. The summed E-state index contributed by atoms with van der Waals surface area (Å²) in [4.78, 5) is 28.2. The fraction of sp³-hybridized carbons (Fsp3) is 0.0625. The Labute approximate surface area is 147 Å². The van der Waals surface area contributed by atoms with Crippen molar-refractivity contribution < 1.29 is 9.59 Å². The first-order valence-electron chi connectivity index (χ1n) is 6.93. The van der Waals surface area contributed by atoms with Gasteiger partial charge >= 0.3 is 0 Å². The number of benzene rings is 1. The maximum Gasteiger partial charge on any atom is 0.269 e. The highest BCUT2D eigenvalue weighted by Gasteiger charge is 2.19. The van der Waals surface area contributed by atoms with Crippen LogP contribution in [-0.2, 0) is 0 Å². The zero-order valence-electron chi connectivity index (χ0n) is 12.5. The van der Waals surface area contributed by atoms with Crippen LogP contribution in [0.1, 0.15) is 26.5 Å². The molecule has 1 aromatic carbocycles. The van der Waals surface area contributed by atoms with Gasteiger partial charge < -0.3 is 15.5 Å². The number of nitrogens with one attached hydrogen (secondary N) is 1. The van der Waals surface area contributed by atoms with Gasteiger partial charge in [0.25, 0.3) is 11.8 Å². The van der Waals surface area contributed by atoms with E-state index < -0.39 is 11.8 Å². The van der Waals surface area contributed by atoms with Crippen LogP contribution in [0.3, 0.4) is 0 Å². The summed E-state index contributed by atoms with van der Waals surface area (Å²) in [6.45, 7) is 1.72. The summed E-state index contributed by atoms with van der Waals surface area (Å²) >= 11 is 12.1. The van der Waals surface area contributed by atoms with Crippen LogP contribution in [0.25, 0.3) is 5.65 Å². The predicted molar refractivity (Wildman–Crippen MR) is 92.9 cm³/mol. The molecule has 2 heterocycles. The maximum atomic E-state index is 12.5. The summed E-state index contributed by atoms with van der Waals surface area (Å²) in [6, 6.07) is 8.19. The molecule has 0 atom stereocenters. The molecule has 0 saturated carbocycles. The first-order valence-corrected chi connectivity index (χ1v) is 7.68. The minimum atomic E-state index is -0.636. The van der Waals surface area contributed by atoms with Gasteiger partial charge in [-0.1, -0.05) is 29.3 Å². The summed E-state index contributed by atoms with van der Waals surface area (Å²) in [7, 11) is 0. The molecular weight excluding hydrogens is 351 g/mol. The number of hydrogen-bond acceptors (Lipinski definition) is 3. The van der Waals surface area contributed by atoms with E-state index in [2.05, 4.69) is 10.3 Å². The number of anilines is 1. The third-order valence-electron chi connectivity index (χ3n) is 3.56. The molecule has 2 amide bonds. The molecule has 3 N–H and O–H groups in total. The number of carbonyl (C=O) groups excluding carboxylic acids is 2. The third-order valence-corrected chi connectivity index (χ3v) is 4.19. The monoisotopic (exact) mass is 362 g/mol. The second-order valence-corrected chi connectivity index (χ2v) is 5.89. The Balaban J connectivity index is 2.06. The number of primary amides is 1. The van der Waals surface area contributed by atoms with Gasteiger partial charge in [0.2, 0.25) is 0 Å². The molecule has 0 aliphatic rings. The highest BCUT2D eigenvalue weighted by Crippen LogP contribution is 2.26. The van der Waals surface area contributed by atoms with Gasteiger partial charge in [0.1, 0.15) is 5.69 Å². The van der Waals surface area contributed by atoms with E-state index in [-0.39, 0.29) is 21.3 Å². The van der Waals surface area contributed by atoms with Crippen LogP contribution < -0.4 is 11.1 Å². The van der Waals surface area contributed by atoms with Crippen LogP contribution >= 0.6 is 23.2 Å². The van der Waals surface area contributed by atoms with Gasteiger partial charge in [0, 0.05) is 6.20 Å². The standard InChI is InChI=1S/C16H12Cl2N4O2/c1-8-13(14(19)23)21-15-11(6-3-7-22(8)15)20-16(24)12-9(17)4-2-5-10(12)18/h2-7H,1H3,(H2,19,23)(H,20,24). The Morgan fingerprint density at radius 3 is 2.46 bits per heavy atom. The van der Waals surface area contributed by atoms with Gasteiger partial charge in [-0.25, -0.2) is 4.98 Å². The summed E-state index contributed by atoms with van der Waals surface area (Å²) < 4.78 is 1.67. The number of halogens is 2. The molecule has 6 nitrogen and oxygen atoms in total. The van der Waals surface area contributed by atoms with Gasteiger partial charge in [-0.3, -0.25) is 9.59 Å². The fourth-order valence-electron chi connectivity index (χ4n) is 2.42. The van der Waals surface area contributed by atoms with E-state index in [1.165, 1.54) is 0 Å². The van der Waals surface area contributed by atoms with Crippen molar-refractivity contribution in [1.82, 2.24) is 9.38 Å². The number of aryl methyl sites for hydroxylation is 1. The van der Waals surface area contributed by atoms with E-state index >= 15 is 0 Å². The highest BCUT2D eigenvalue weighted by atomic mass is 35.5. The average Bonchev–Trinajstić information content (AvgIpc) is 2.86. The van der Waals surface area contributed by atoms with Crippen molar-refractivity contribution >= 4 is 46.4 Å². The number of fused-ring (bicyclic) bond motifs is 1. The van der Waals surface area contributed by atoms with Crippen LogP contribution in [0.4, 0.5) is 5.69 Å². The first kappa shape index (κ1) is 16.3. The van der Waals surface area contributed by atoms with E-state index in [9.17, 15) is 9.59 Å². The van der Waals surface area contributed by atoms with Crippen molar-refractivity contribution in [1.29, 1.82) is 0 Å². The second kappa shape index (κ2) is 6.14. The fourth-order valence-corrected chi connectivity index (χ4v) is 2.99. The normalized spacial score (nSPS) is 10.8. The molecule has 3 rings (SSSR count). The maximum absolute atomic E-state index is 12.5. The number of imidazole rings is 1. The molecule has 24 heavy (non-hydrogen) atoms. The number of nitrogens with zero attached hydrogens (tertiary/aromatic N) is 2. The van der Waals surface area contributed by atoms with E-state index in [0.717, 1.165) is 0 Å². The van der Waals surface area contributed by atoms with Crippen molar-refractivity contribution in [2.45, 2.75) is 6.92 Å². The lowest BCUT2D eigenvalue weighted by atomic mass is 10.2. The molecular formula is C16H12Cl2N4O2. The lowest BCUT2D eigenvalue weighted by Gasteiger charge is -2.09. The van der Waals surface area contributed by atoms with Gasteiger partial charge in [-0.15, -0.1) is 0 Å². The molecule has 0 radical (unpaired) electrons. The molecule has 0 aliphatic heterocycles. The molecule has 0 aliphatic carbocycles. The summed E-state index contributed by atoms with van der Waals surface area (Å²) in [5.41, 5.74) is 7.04. The number of aromatic nitrogens is 2. The zero-order chi connectivity index (χ0) is 17.4. The number of carbonyl (C=O) groups is 2. The molecule has 8 heteroatoms. The van der Waals surface area contributed by atoms with Gasteiger partial charge in [-0.2, -0.15) is 0 Å². The molecule has 0 spiro atoms. The first-order chi connectivity index (χ1) is 11.4. The Bertz CT molecular complexity index is 961. The highest BCUT2D eigenvalue weighted by molar-refractivity contribution is 6.40. The summed E-state index contributed by atoms with van der Waals surface area (Å²) in [5.74, 6) is -1.11. The minimum absolute atomic E-state index is 0.146. The van der Waals surface area contributed by atoms with Crippen molar-refractivity contribution in [3.05, 3.63) is 63.5 Å². The Kier molecular flexibility index (Phi) is 4.17.